The number of hydrogen-bond acceptors (Lipinski definition) is 4. The second kappa shape index (κ2) is 7.95. The molecule has 0 aromatic heterocycles. The fraction of sp³-hybridized carbons (Fsp3) is 0.667. The molecule has 1 aromatic rings. The van der Waals surface area contributed by atoms with Crippen LogP contribution in [-0.2, 0) is 0 Å². The molecule has 2 saturated heterocycles. The van der Waals surface area contributed by atoms with Gasteiger partial charge in [0.15, 0.2) is 0 Å². The molecular formula is C18H28N2O2. The SMILES string of the molecule is O[C@H]1CN(CCCCOc2ccccc2)C[C@@H]1N1CCCC1. The first-order chi connectivity index (χ1) is 10.8. The van der Waals surface area contributed by atoms with E-state index in [-0.39, 0.29) is 6.10 Å². The van der Waals surface area contributed by atoms with Crippen molar-refractivity contribution in [2.45, 2.75) is 37.8 Å². The van der Waals surface area contributed by atoms with Gasteiger partial charge < -0.3 is 9.84 Å². The molecule has 2 aliphatic heterocycles. The zero-order valence-electron chi connectivity index (χ0n) is 13.4. The number of aliphatic hydroxyl groups excluding tert-OH is 1. The van der Waals surface area contributed by atoms with Gasteiger partial charge in [-0.1, -0.05) is 18.2 Å². The highest BCUT2D eigenvalue weighted by Gasteiger charge is 2.35. The molecule has 0 spiro atoms. The number of rotatable bonds is 7. The van der Waals surface area contributed by atoms with E-state index in [9.17, 15) is 5.11 Å². The van der Waals surface area contributed by atoms with Crippen LogP contribution in [0.2, 0.25) is 0 Å². The second-order valence-electron chi connectivity index (χ2n) is 6.51. The molecule has 2 atom stereocenters. The van der Waals surface area contributed by atoms with E-state index in [1.807, 2.05) is 30.3 Å². The molecule has 0 amide bonds. The summed E-state index contributed by atoms with van der Waals surface area (Å²) in [5.74, 6) is 0.952. The largest absolute Gasteiger partial charge is 0.494 e. The van der Waals surface area contributed by atoms with Crippen molar-refractivity contribution in [2.24, 2.45) is 0 Å². The van der Waals surface area contributed by atoms with Crippen LogP contribution in [0.5, 0.6) is 5.75 Å². The highest BCUT2D eigenvalue weighted by molar-refractivity contribution is 5.20. The minimum atomic E-state index is -0.168. The van der Waals surface area contributed by atoms with Crippen LogP contribution in [0, 0.1) is 0 Å². The van der Waals surface area contributed by atoms with Gasteiger partial charge in [0.1, 0.15) is 5.75 Å². The average Bonchev–Trinajstić information content (AvgIpc) is 3.17. The molecule has 2 fully saturated rings. The lowest BCUT2D eigenvalue weighted by molar-refractivity contribution is 0.0978. The van der Waals surface area contributed by atoms with Crippen LogP contribution >= 0.6 is 0 Å². The molecule has 3 rings (SSSR count). The molecule has 1 N–H and O–H groups in total. The Balaban J connectivity index is 1.31. The number of hydrogen-bond donors (Lipinski definition) is 1. The van der Waals surface area contributed by atoms with Crippen molar-refractivity contribution in [1.29, 1.82) is 0 Å². The Morgan fingerprint density at radius 2 is 1.82 bits per heavy atom. The predicted molar refractivity (Wildman–Crippen MR) is 88.2 cm³/mol. The summed E-state index contributed by atoms with van der Waals surface area (Å²) >= 11 is 0. The van der Waals surface area contributed by atoms with Crippen LogP contribution in [0.25, 0.3) is 0 Å². The Morgan fingerprint density at radius 3 is 2.59 bits per heavy atom. The number of unbranched alkanes of at least 4 members (excludes halogenated alkanes) is 1. The Morgan fingerprint density at radius 1 is 1.05 bits per heavy atom. The number of para-hydroxylation sites is 1. The van der Waals surface area contributed by atoms with Gasteiger partial charge in [-0.05, 0) is 57.5 Å². The molecule has 0 unspecified atom stereocenters. The summed E-state index contributed by atoms with van der Waals surface area (Å²) in [5.41, 5.74) is 0. The fourth-order valence-electron chi connectivity index (χ4n) is 3.61. The maximum absolute atomic E-state index is 10.3. The predicted octanol–water partition coefficient (Wildman–Crippen LogP) is 1.99. The first kappa shape index (κ1) is 15.8. The minimum absolute atomic E-state index is 0.168. The fourth-order valence-corrected chi connectivity index (χ4v) is 3.61. The number of benzene rings is 1. The first-order valence-electron chi connectivity index (χ1n) is 8.65. The summed E-state index contributed by atoms with van der Waals surface area (Å²) in [7, 11) is 0. The molecule has 0 aliphatic carbocycles. The Bertz CT molecular complexity index is 434. The van der Waals surface area contributed by atoms with Crippen molar-refractivity contribution < 1.29 is 9.84 Å². The Hall–Kier alpha value is -1.10. The van der Waals surface area contributed by atoms with E-state index in [0.29, 0.717) is 6.04 Å². The smallest absolute Gasteiger partial charge is 0.119 e. The van der Waals surface area contributed by atoms with Crippen LogP contribution < -0.4 is 4.74 Å². The van der Waals surface area contributed by atoms with Crippen LogP contribution in [-0.4, -0.2) is 66.4 Å². The molecule has 22 heavy (non-hydrogen) atoms. The quantitative estimate of drug-likeness (QED) is 0.782. The van der Waals surface area contributed by atoms with Crippen molar-refractivity contribution in [3.05, 3.63) is 30.3 Å². The molecule has 4 heteroatoms. The molecule has 2 aliphatic rings. The topological polar surface area (TPSA) is 35.9 Å². The Labute approximate surface area is 133 Å². The maximum atomic E-state index is 10.3. The third-order valence-corrected chi connectivity index (χ3v) is 4.82. The second-order valence-corrected chi connectivity index (χ2v) is 6.51. The van der Waals surface area contributed by atoms with Crippen LogP contribution in [0.1, 0.15) is 25.7 Å². The van der Waals surface area contributed by atoms with Crippen molar-refractivity contribution in [1.82, 2.24) is 9.80 Å². The van der Waals surface area contributed by atoms with Gasteiger partial charge in [-0.25, -0.2) is 0 Å². The number of β-amino-alcohol motifs (C(OH)–C–C–N with tert-alkyl or cyclic N) is 1. The summed E-state index contributed by atoms with van der Waals surface area (Å²) in [6, 6.07) is 10.4. The highest BCUT2D eigenvalue weighted by Crippen LogP contribution is 2.21. The molecule has 0 radical (unpaired) electrons. The van der Waals surface area contributed by atoms with Gasteiger partial charge in [-0.2, -0.15) is 0 Å². The third kappa shape index (κ3) is 4.22. The lowest BCUT2D eigenvalue weighted by Crippen LogP contribution is -2.41. The summed E-state index contributed by atoms with van der Waals surface area (Å²) in [4.78, 5) is 4.89. The molecular weight excluding hydrogens is 276 g/mol. The maximum Gasteiger partial charge on any atom is 0.119 e. The van der Waals surface area contributed by atoms with Gasteiger partial charge in [0.25, 0.3) is 0 Å². The molecule has 1 aromatic carbocycles. The van der Waals surface area contributed by atoms with Crippen molar-refractivity contribution in [3.8, 4) is 5.75 Å². The van der Waals surface area contributed by atoms with Gasteiger partial charge >= 0.3 is 0 Å². The summed E-state index contributed by atoms with van der Waals surface area (Å²) in [5, 5.41) is 10.3. The number of likely N-dealkylation sites (tertiary alicyclic amines) is 2. The van der Waals surface area contributed by atoms with E-state index in [0.717, 1.165) is 44.8 Å². The van der Waals surface area contributed by atoms with Crippen LogP contribution in [0.15, 0.2) is 30.3 Å². The van der Waals surface area contributed by atoms with E-state index in [2.05, 4.69) is 9.80 Å². The van der Waals surface area contributed by atoms with Crippen molar-refractivity contribution in [2.75, 3.05) is 39.3 Å². The van der Waals surface area contributed by atoms with E-state index in [4.69, 9.17) is 4.74 Å². The van der Waals surface area contributed by atoms with E-state index < -0.39 is 0 Å². The van der Waals surface area contributed by atoms with Crippen molar-refractivity contribution in [3.63, 3.8) is 0 Å². The lowest BCUT2D eigenvalue weighted by Gasteiger charge is -2.25. The van der Waals surface area contributed by atoms with Gasteiger partial charge in [-0.3, -0.25) is 9.80 Å². The van der Waals surface area contributed by atoms with E-state index in [1.54, 1.807) is 0 Å². The third-order valence-electron chi connectivity index (χ3n) is 4.82. The number of aliphatic hydroxyl groups is 1. The van der Waals surface area contributed by atoms with E-state index in [1.165, 1.54) is 25.9 Å². The molecule has 122 valence electrons. The number of nitrogens with zero attached hydrogens (tertiary/aromatic N) is 2. The van der Waals surface area contributed by atoms with Gasteiger partial charge in [0.05, 0.1) is 12.7 Å². The van der Waals surface area contributed by atoms with E-state index >= 15 is 0 Å². The minimum Gasteiger partial charge on any atom is -0.494 e. The highest BCUT2D eigenvalue weighted by atomic mass is 16.5. The first-order valence-corrected chi connectivity index (χ1v) is 8.65. The summed E-state index contributed by atoms with van der Waals surface area (Å²) in [6.45, 7) is 6.04. The zero-order chi connectivity index (χ0) is 15.2. The van der Waals surface area contributed by atoms with Crippen LogP contribution in [0.3, 0.4) is 0 Å². The molecule has 2 heterocycles. The van der Waals surface area contributed by atoms with Crippen LogP contribution in [0.4, 0.5) is 0 Å². The monoisotopic (exact) mass is 304 g/mol. The molecule has 4 nitrogen and oxygen atoms in total. The number of ether oxygens (including phenoxy) is 1. The normalized spacial score (nSPS) is 26.6. The van der Waals surface area contributed by atoms with Gasteiger partial charge in [0, 0.05) is 19.1 Å². The standard InChI is InChI=1S/C18H28N2O2/c21-18-15-19(14-17(18)20-11-4-5-12-20)10-6-7-13-22-16-8-2-1-3-9-16/h1-3,8-9,17-18,21H,4-7,10-15H2/t17-,18-/m0/s1. The zero-order valence-corrected chi connectivity index (χ0v) is 13.4. The molecule has 0 saturated carbocycles. The summed E-state index contributed by atoms with van der Waals surface area (Å²) in [6.07, 6.45) is 4.61. The lowest BCUT2D eigenvalue weighted by atomic mass is 10.2. The summed E-state index contributed by atoms with van der Waals surface area (Å²) < 4.78 is 5.72. The van der Waals surface area contributed by atoms with Gasteiger partial charge in [-0.15, -0.1) is 0 Å². The molecule has 0 bridgehead atoms. The Kier molecular flexibility index (Phi) is 5.70. The van der Waals surface area contributed by atoms with Crippen molar-refractivity contribution >= 4 is 0 Å². The average molecular weight is 304 g/mol. The van der Waals surface area contributed by atoms with Gasteiger partial charge in [0.2, 0.25) is 0 Å².